The summed E-state index contributed by atoms with van der Waals surface area (Å²) in [6.07, 6.45) is 0. The maximum Gasteiger partial charge on any atom is 0.119 e. The molecule has 0 saturated heterocycles. The molecule has 102 valence electrons. The van der Waals surface area contributed by atoms with Crippen LogP contribution in [0.5, 0.6) is 5.75 Å². The average molecular weight is 252 g/mol. The zero-order chi connectivity index (χ0) is 13.4. The summed E-state index contributed by atoms with van der Waals surface area (Å²) in [4.78, 5) is 2.21. The third kappa shape index (κ3) is 4.29. The summed E-state index contributed by atoms with van der Waals surface area (Å²) in [6, 6.07) is 8.25. The summed E-state index contributed by atoms with van der Waals surface area (Å²) in [6.45, 7) is 4.93. The maximum absolute atomic E-state index is 5.88. The lowest BCUT2D eigenvalue weighted by molar-refractivity contribution is 0.108. The normalized spacial score (nSPS) is 12.7. The smallest absolute Gasteiger partial charge is 0.119 e. The average Bonchev–Trinajstić information content (AvgIpc) is 2.40. The van der Waals surface area contributed by atoms with Gasteiger partial charge in [0.05, 0.1) is 13.7 Å². The molecule has 0 aromatic heterocycles. The van der Waals surface area contributed by atoms with Crippen LogP contribution in [0.2, 0.25) is 0 Å². The number of hydrogen-bond acceptors (Lipinski definition) is 4. The van der Waals surface area contributed by atoms with Crippen LogP contribution in [0.1, 0.15) is 18.5 Å². The molecule has 0 heterocycles. The summed E-state index contributed by atoms with van der Waals surface area (Å²) in [7, 11) is 3.74. The van der Waals surface area contributed by atoms with Crippen molar-refractivity contribution in [2.45, 2.75) is 13.0 Å². The van der Waals surface area contributed by atoms with Crippen LogP contribution in [-0.4, -0.2) is 45.4 Å². The number of nitrogens with two attached hydrogens (primary N) is 1. The molecule has 1 unspecified atom stereocenters. The van der Waals surface area contributed by atoms with Gasteiger partial charge in [-0.15, -0.1) is 0 Å². The van der Waals surface area contributed by atoms with E-state index in [1.807, 2.05) is 25.1 Å². The van der Waals surface area contributed by atoms with E-state index in [0.717, 1.165) is 25.5 Å². The molecule has 0 fully saturated rings. The highest BCUT2D eigenvalue weighted by atomic mass is 16.5. The largest absolute Gasteiger partial charge is 0.497 e. The van der Waals surface area contributed by atoms with Gasteiger partial charge in [0.15, 0.2) is 0 Å². The van der Waals surface area contributed by atoms with Gasteiger partial charge in [-0.25, -0.2) is 0 Å². The van der Waals surface area contributed by atoms with E-state index in [2.05, 4.69) is 18.0 Å². The Morgan fingerprint density at radius 3 is 2.78 bits per heavy atom. The summed E-state index contributed by atoms with van der Waals surface area (Å²) >= 11 is 0. The fourth-order valence-electron chi connectivity index (χ4n) is 1.93. The monoisotopic (exact) mass is 252 g/mol. The highest BCUT2D eigenvalue weighted by molar-refractivity contribution is 5.30. The molecule has 1 aromatic rings. The van der Waals surface area contributed by atoms with Crippen LogP contribution in [0, 0.1) is 0 Å². The van der Waals surface area contributed by atoms with E-state index < -0.39 is 0 Å². The highest BCUT2D eigenvalue weighted by Gasteiger charge is 2.15. The molecule has 0 aliphatic carbocycles. The summed E-state index contributed by atoms with van der Waals surface area (Å²) in [5, 5.41) is 0. The van der Waals surface area contributed by atoms with Gasteiger partial charge < -0.3 is 15.2 Å². The lowest BCUT2D eigenvalue weighted by Gasteiger charge is -2.27. The second-order valence-corrected chi connectivity index (χ2v) is 4.21. The molecule has 4 heteroatoms. The molecule has 0 aliphatic rings. The Kier molecular flexibility index (Phi) is 6.72. The van der Waals surface area contributed by atoms with E-state index in [9.17, 15) is 0 Å². The fourth-order valence-corrected chi connectivity index (χ4v) is 1.93. The molecule has 0 bridgehead atoms. The first-order valence-corrected chi connectivity index (χ1v) is 6.35. The zero-order valence-electron chi connectivity index (χ0n) is 11.6. The van der Waals surface area contributed by atoms with Gasteiger partial charge in [-0.05, 0) is 31.7 Å². The van der Waals surface area contributed by atoms with Crippen molar-refractivity contribution in [1.29, 1.82) is 0 Å². The second-order valence-electron chi connectivity index (χ2n) is 4.21. The molecule has 1 atom stereocenters. The minimum Gasteiger partial charge on any atom is -0.497 e. The Hall–Kier alpha value is -1.10. The number of likely N-dealkylation sites (N-methyl/N-ethyl adjacent to an activating group) is 1. The van der Waals surface area contributed by atoms with Crippen LogP contribution in [0.15, 0.2) is 24.3 Å². The van der Waals surface area contributed by atoms with Gasteiger partial charge in [0.1, 0.15) is 5.75 Å². The molecule has 0 amide bonds. The quantitative estimate of drug-likeness (QED) is 0.715. The Balaban J connectivity index is 2.68. The first kappa shape index (κ1) is 15.0. The topological polar surface area (TPSA) is 47.7 Å². The zero-order valence-corrected chi connectivity index (χ0v) is 11.6. The van der Waals surface area contributed by atoms with Crippen LogP contribution in [-0.2, 0) is 4.74 Å². The van der Waals surface area contributed by atoms with Crippen molar-refractivity contribution in [3.63, 3.8) is 0 Å². The van der Waals surface area contributed by atoms with Crippen molar-refractivity contribution in [2.75, 3.05) is 40.5 Å². The molecular weight excluding hydrogens is 228 g/mol. The lowest BCUT2D eigenvalue weighted by Crippen LogP contribution is -2.33. The summed E-state index contributed by atoms with van der Waals surface area (Å²) < 4.78 is 10.6. The van der Waals surface area contributed by atoms with E-state index in [4.69, 9.17) is 15.2 Å². The van der Waals surface area contributed by atoms with Crippen LogP contribution in [0.3, 0.4) is 0 Å². The van der Waals surface area contributed by atoms with Gasteiger partial charge in [-0.1, -0.05) is 12.1 Å². The number of nitrogens with zero attached hydrogens (tertiary/aromatic N) is 1. The Labute approximate surface area is 110 Å². The Morgan fingerprint density at radius 2 is 2.17 bits per heavy atom. The van der Waals surface area contributed by atoms with Gasteiger partial charge >= 0.3 is 0 Å². The standard InChI is InChI=1S/C14H24N2O2/c1-4-18-9-8-16(2)14(11-15)12-6-5-7-13(10-12)17-3/h5-7,10,14H,4,8-9,11,15H2,1-3H3. The number of benzene rings is 1. The van der Waals surface area contributed by atoms with Gasteiger partial charge in [-0.2, -0.15) is 0 Å². The fraction of sp³-hybridized carbons (Fsp3) is 0.571. The minimum absolute atomic E-state index is 0.195. The van der Waals surface area contributed by atoms with Gasteiger partial charge in [-0.3, -0.25) is 4.90 Å². The van der Waals surface area contributed by atoms with Crippen molar-refractivity contribution < 1.29 is 9.47 Å². The van der Waals surface area contributed by atoms with Crippen molar-refractivity contribution >= 4 is 0 Å². The number of rotatable bonds is 8. The predicted molar refractivity (Wildman–Crippen MR) is 73.9 cm³/mol. The lowest BCUT2D eigenvalue weighted by atomic mass is 10.1. The number of hydrogen-bond donors (Lipinski definition) is 1. The van der Waals surface area contributed by atoms with E-state index in [1.165, 1.54) is 5.56 Å². The SMILES string of the molecule is CCOCCN(C)C(CN)c1cccc(OC)c1. The van der Waals surface area contributed by atoms with Crippen LogP contribution < -0.4 is 10.5 Å². The van der Waals surface area contributed by atoms with Crippen LogP contribution in [0.4, 0.5) is 0 Å². The summed E-state index contributed by atoms with van der Waals surface area (Å²) in [5.41, 5.74) is 7.05. The van der Waals surface area contributed by atoms with Gasteiger partial charge in [0.25, 0.3) is 0 Å². The van der Waals surface area contributed by atoms with Crippen LogP contribution in [0.25, 0.3) is 0 Å². The minimum atomic E-state index is 0.195. The maximum atomic E-state index is 5.88. The van der Waals surface area contributed by atoms with Crippen LogP contribution >= 0.6 is 0 Å². The number of methoxy groups -OCH3 is 1. The summed E-state index contributed by atoms with van der Waals surface area (Å²) in [5.74, 6) is 0.865. The van der Waals surface area contributed by atoms with Crippen molar-refractivity contribution in [1.82, 2.24) is 4.90 Å². The molecule has 0 aliphatic heterocycles. The van der Waals surface area contributed by atoms with E-state index in [-0.39, 0.29) is 6.04 Å². The number of ether oxygens (including phenoxy) is 2. The molecule has 4 nitrogen and oxygen atoms in total. The van der Waals surface area contributed by atoms with E-state index in [0.29, 0.717) is 6.54 Å². The van der Waals surface area contributed by atoms with Crippen molar-refractivity contribution in [3.05, 3.63) is 29.8 Å². The van der Waals surface area contributed by atoms with Crippen molar-refractivity contribution in [3.8, 4) is 5.75 Å². The second kappa shape index (κ2) is 8.08. The highest BCUT2D eigenvalue weighted by Crippen LogP contribution is 2.22. The third-order valence-corrected chi connectivity index (χ3v) is 3.03. The molecule has 0 saturated carbocycles. The molecule has 2 N–H and O–H groups in total. The van der Waals surface area contributed by atoms with E-state index >= 15 is 0 Å². The molecule has 18 heavy (non-hydrogen) atoms. The van der Waals surface area contributed by atoms with E-state index in [1.54, 1.807) is 7.11 Å². The molecular formula is C14H24N2O2. The third-order valence-electron chi connectivity index (χ3n) is 3.03. The Bertz CT molecular complexity index is 344. The predicted octanol–water partition coefficient (Wildman–Crippen LogP) is 1.66. The van der Waals surface area contributed by atoms with Gasteiger partial charge in [0.2, 0.25) is 0 Å². The molecule has 1 rings (SSSR count). The first-order chi connectivity index (χ1) is 8.72. The van der Waals surface area contributed by atoms with Crippen molar-refractivity contribution in [2.24, 2.45) is 5.73 Å². The molecule has 0 spiro atoms. The van der Waals surface area contributed by atoms with Gasteiger partial charge in [0, 0.05) is 25.7 Å². The Morgan fingerprint density at radius 1 is 1.39 bits per heavy atom. The molecule has 0 radical (unpaired) electrons. The first-order valence-electron chi connectivity index (χ1n) is 6.35. The molecule has 1 aromatic carbocycles.